The van der Waals surface area contributed by atoms with Crippen LogP contribution >= 0.6 is 0 Å². The van der Waals surface area contributed by atoms with Crippen LogP contribution in [0.4, 0.5) is 5.69 Å². The van der Waals surface area contributed by atoms with Gasteiger partial charge in [0.15, 0.2) is 0 Å². The van der Waals surface area contributed by atoms with Crippen LogP contribution in [-0.2, 0) is 14.8 Å². The lowest BCUT2D eigenvalue weighted by molar-refractivity contribution is -0.137. The molecule has 0 fully saturated rings. The maximum atomic E-state index is 11.6. The molecule has 0 radical (unpaired) electrons. The molecule has 0 spiro atoms. The Balaban J connectivity index is 2.61. The van der Waals surface area contributed by atoms with Crippen molar-refractivity contribution >= 4 is 21.7 Å². The van der Waals surface area contributed by atoms with E-state index in [-0.39, 0.29) is 18.6 Å². The Hall–Kier alpha value is -1.63. The van der Waals surface area contributed by atoms with E-state index >= 15 is 0 Å². The summed E-state index contributed by atoms with van der Waals surface area (Å²) in [6.07, 6.45) is 2.97. The Kier molecular flexibility index (Phi) is 4.45. The lowest BCUT2D eigenvalue weighted by Crippen LogP contribution is -2.18. The highest BCUT2D eigenvalue weighted by atomic mass is 32.2. The summed E-state index contributed by atoms with van der Waals surface area (Å²) in [5, 5.41) is 8.42. The summed E-state index contributed by atoms with van der Waals surface area (Å²) in [5.41, 5.74) is 1.18. The first-order valence-electron chi connectivity index (χ1n) is 5.03. The summed E-state index contributed by atoms with van der Waals surface area (Å²) in [5.74, 6) is -1.21. The molecule has 1 aromatic rings. The van der Waals surface area contributed by atoms with Crippen molar-refractivity contribution in [2.75, 3.05) is 10.5 Å². The molecule has 7 heteroatoms. The van der Waals surface area contributed by atoms with E-state index in [0.29, 0.717) is 11.3 Å². The fourth-order valence-electron chi connectivity index (χ4n) is 1.22. The molecule has 0 aliphatic carbocycles. The third-order valence-electron chi connectivity index (χ3n) is 2.09. The number of aromatic nitrogens is 1. The van der Waals surface area contributed by atoms with Gasteiger partial charge in [0.1, 0.15) is 0 Å². The van der Waals surface area contributed by atoms with Gasteiger partial charge >= 0.3 is 5.97 Å². The molecule has 6 nitrogen and oxygen atoms in total. The average Bonchev–Trinajstić information content (AvgIpc) is 2.20. The van der Waals surface area contributed by atoms with E-state index in [4.69, 9.17) is 5.11 Å². The minimum Gasteiger partial charge on any atom is -0.481 e. The average molecular weight is 258 g/mol. The molecule has 0 aromatic carbocycles. The Morgan fingerprint density at radius 2 is 2.24 bits per heavy atom. The number of aliphatic carboxylic acids is 1. The smallest absolute Gasteiger partial charge is 0.303 e. The second kappa shape index (κ2) is 5.62. The molecule has 1 aromatic heterocycles. The first-order chi connectivity index (χ1) is 7.91. The number of sulfonamides is 1. The minimum atomic E-state index is -3.49. The molecule has 2 N–H and O–H groups in total. The molecule has 0 atom stereocenters. The highest BCUT2D eigenvalue weighted by molar-refractivity contribution is 7.92. The number of nitrogens with zero attached hydrogens (tertiary/aromatic N) is 1. The van der Waals surface area contributed by atoms with Crippen LogP contribution in [0.2, 0.25) is 0 Å². The van der Waals surface area contributed by atoms with Crippen molar-refractivity contribution in [3.05, 3.63) is 24.0 Å². The molecule has 1 rings (SSSR count). The molecular weight excluding hydrogens is 244 g/mol. The number of anilines is 1. The number of carboxylic acids is 1. The van der Waals surface area contributed by atoms with Crippen LogP contribution in [0.15, 0.2) is 18.5 Å². The highest BCUT2D eigenvalue weighted by Crippen LogP contribution is 2.14. The third-order valence-corrected chi connectivity index (χ3v) is 3.45. The summed E-state index contributed by atoms with van der Waals surface area (Å²) in [6.45, 7) is 1.74. The van der Waals surface area contributed by atoms with Gasteiger partial charge < -0.3 is 5.11 Å². The Bertz CT molecular complexity index is 499. The van der Waals surface area contributed by atoms with Gasteiger partial charge in [-0.3, -0.25) is 14.5 Å². The summed E-state index contributed by atoms with van der Waals surface area (Å²) >= 11 is 0. The maximum absolute atomic E-state index is 11.6. The van der Waals surface area contributed by atoms with E-state index in [2.05, 4.69) is 9.71 Å². The zero-order chi connectivity index (χ0) is 12.9. The zero-order valence-electron chi connectivity index (χ0n) is 9.38. The van der Waals surface area contributed by atoms with Gasteiger partial charge in [0.25, 0.3) is 0 Å². The zero-order valence-corrected chi connectivity index (χ0v) is 10.2. The molecule has 17 heavy (non-hydrogen) atoms. The van der Waals surface area contributed by atoms with Crippen LogP contribution < -0.4 is 4.72 Å². The van der Waals surface area contributed by atoms with Gasteiger partial charge in [-0.25, -0.2) is 8.42 Å². The van der Waals surface area contributed by atoms with Gasteiger partial charge in [0, 0.05) is 18.8 Å². The first-order valence-corrected chi connectivity index (χ1v) is 6.69. The molecule has 0 aliphatic heterocycles. The topological polar surface area (TPSA) is 96.4 Å². The molecule has 0 aliphatic rings. The third kappa shape index (κ3) is 4.81. The van der Waals surface area contributed by atoms with E-state index in [1.807, 2.05) is 0 Å². The van der Waals surface area contributed by atoms with Gasteiger partial charge in [-0.15, -0.1) is 0 Å². The lowest BCUT2D eigenvalue weighted by Gasteiger charge is -2.09. The fourth-order valence-corrected chi connectivity index (χ4v) is 2.41. The van der Waals surface area contributed by atoms with Crippen LogP contribution in [0, 0.1) is 6.92 Å². The van der Waals surface area contributed by atoms with E-state index in [1.54, 1.807) is 19.2 Å². The molecular formula is C10H14N2O4S. The molecule has 94 valence electrons. The van der Waals surface area contributed by atoms with Crippen molar-refractivity contribution in [3.8, 4) is 0 Å². The second-order valence-corrected chi connectivity index (χ2v) is 5.45. The van der Waals surface area contributed by atoms with E-state index in [9.17, 15) is 13.2 Å². The number of hydrogen-bond acceptors (Lipinski definition) is 4. The van der Waals surface area contributed by atoms with Crippen molar-refractivity contribution < 1.29 is 18.3 Å². The Morgan fingerprint density at radius 3 is 2.82 bits per heavy atom. The van der Waals surface area contributed by atoms with Crippen molar-refractivity contribution in [1.82, 2.24) is 4.98 Å². The standard InChI is InChI=1S/C10H14N2O4S/c1-8-7-11-5-4-9(8)12-17(15,16)6-2-3-10(13)14/h4-5,7H,2-3,6H2,1H3,(H,11,12)(H,13,14). The van der Waals surface area contributed by atoms with E-state index in [0.717, 1.165) is 0 Å². The number of nitrogens with one attached hydrogen (secondary N) is 1. The number of pyridine rings is 1. The SMILES string of the molecule is Cc1cnccc1NS(=O)(=O)CCCC(=O)O. The molecule has 0 saturated heterocycles. The van der Waals surface area contributed by atoms with Crippen LogP contribution in [0.3, 0.4) is 0 Å². The van der Waals surface area contributed by atoms with Gasteiger partial charge in [0.05, 0.1) is 11.4 Å². The first kappa shape index (κ1) is 13.4. The monoisotopic (exact) mass is 258 g/mol. The number of carbonyl (C=O) groups is 1. The molecule has 0 unspecified atom stereocenters. The van der Waals surface area contributed by atoms with Gasteiger partial charge in [-0.1, -0.05) is 0 Å². The van der Waals surface area contributed by atoms with Gasteiger partial charge in [-0.2, -0.15) is 0 Å². The normalized spacial score (nSPS) is 11.1. The lowest BCUT2D eigenvalue weighted by atomic mass is 10.3. The fraction of sp³-hybridized carbons (Fsp3) is 0.400. The van der Waals surface area contributed by atoms with Crippen LogP contribution in [-0.4, -0.2) is 30.2 Å². The van der Waals surface area contributed by atoms with Crippen LogP contribution in [0.5, 0.6) is 0 Å². The maximum Gasteiger partial charge on any atom is 0.303 e. The number of aryl methyl sites for hydroxylation is 1. The predicted molar refractivity (Wildman–Crippen MR) is 63.3 cm³/mol. The minimum absolute atomic E-state index is 0.0921. The quantitative estimate of drug-likeness (QED) is 0.793. The summed E-state index contributed by atoms with van der Waals surface area (Å²) in [6, 6.07) is 1.56. The Morgan fingerprint density at radius 1 is 1.53 bits per heavy atom. The van der Waals surface area contributed by atoms with Crippen molar-refractivity contribution in [2.24, 2.45) is 0 Å². The number of rotatable bonds is 6. The van der Waals surface area contributed by atoms with E-state index < -0.39 is 16.0 Å². The molecule has 0 saturated carbocycles. The number of carboxylic acid groups (broad SMARTS) is 1. The van der Waals surface area contributed by atoms with Crippen LogP contribution in [0.25, 0.3) is 0 Å². The van der Waals surface area contributed by atoms with Crippen LogP contribution in [0.1, 0.15) is 18.4 Å². The largest absolute Gasteiger partial charge is 0.481 e. The predicted octanol–water partition coefficient (Wildman–Crippen LogP) is 0.997. The summed E-state index contributed by atoms with van der Waals surface area (Å²) < 4.78 is 25.6. The molecule has 0 bridgehead atoms. The summed E-state index contributed by atoms with van der Waals surface area (Å²) in [4.78, 5) is 14.1. The Labute approximate surface area is 99.7 Å². The van der Waals surface area contributed by atoms with Crippen molar-refractivity contribution in [2.45, 2.75) is 19.8 Å². The molecule has 1 heterocycles. The second-order valence-electron chi connectivity index (χ2n) is 3.61. The van der Waals surface area contributed by atoms with Gasteiger partial charge in [0.2, 0.25) is 10.0 Å². The summed E-state index contributed by atoms with van der Waals surface area (Å²) in [7, 11) is -3.49. The highest BCUT2D eigenvalue weighted by Gasteiger charge is 2.12. The van der Waals surface area contributed by atoms with E-state index in [1.165, 1.54) is 6.20 Å². The molecule has 0 amide bonds. The number of hydrogen-bond donors (Lipinski definition) is 2. The van der Waals surface area contributed by atoms with Crippen molar-refractivity contribution in [1.29, 1.82) is 0 Å². The van der Waals surface area contributed by atoms with Gasteiger partial charge in [-0.05, 0) is 25.0 Å². The van der Waals surface area contributed by atoms with Crippen molar-refractivity contribution in [3.63, 3.8) is 0 Å².